The van der Waals surface area contributed by atoms with Gasteiger partial charge >= 0.3 is 0 Å². The molecule has 7 nitrogen and oxygen atoms in total. The molecule has 0 spiro atoms. The Bertz CT molecular complexity index is 1010. The quantitative estimate of drug-likeness (QED) is 0.484. The van der Waals surface area contributed by atoms with Crippen molar-refractivity contribution in [1.29, 1.82) is 0 Å². The SMILES string of the molecule is Cc1nn(C)c(C)c1CN=C(NCCc1ccco1)NC1CCOc2ccccc21. The first kappa shape index (κ1) is 20.1. The topological polar surface area (TPSA) is 76.6 Å². The van der Waals surface area contributed by atoms with E-state index in [1.54, 1.807) is 6.26 Å². The molecular formula is C23H29N5O2. The highest BCUT2D eigenvalue weighted by Crippen LogP contribution is 2.31. The molecule has 0 aliphatic carbocycles. The van der Waals surface area contributed by atoms with Crippen LogP contribution in [-0.2, 0) is 20.0 Å². The highest BCUT2D eigenvalue weighted by atomic mass is 16.5. The molecule has 1 aliphatic rings. The summed E-state index contributed by atoms with van der Waals surface area (Å²) >= 11 is 0. The minimum atomic E-state index is 0.154. The molecule has 2 N–H and O–H groups in total. The first-order valence-electron chi connectivity index (χ1n) is 10.4. The van der Waals surface area contributed by atoms with Gasteiger partial charge in [0.25, 0.3) is 0 Å². The lowest BCUT2D eigenvalue weighted by Gasteiger charge is -2.28. The van der Waals surface area contributed by atoms with E-state index in [1.165, 1.54) is 0 Å². The van der Waals surface area contributed by atoms with Crippen LogP contribution >= 0.6 is 0 Å². The highest BCUT2D eigenvalue weighted by Gasteiger charge is 2.22. The molecule has 158 valence electrons. The third-order valence-electron chi connectivity index (χ3n) is 5.57. The van der Waals surface area contributed by atoms with Crippen molar-refractivity contribution >= 4 is 5.96 Å². The maximum atomic E-state index is 5.81. The second-order valence-electron chi connectivity index (χ2n) is 7.57. The predicted octanol–water partition coefficient (Wildman–Crippen LogP) is 3.43. The Morgan fingerprint density at radius 1 is 1.23 bits per heavy atom. The molecule has 0 amide bonds. The average molecular weight is 408 g/mol. The number of guanidine groups is 1. The third kappa shape index (κ3) is 4.50. The summed E-state index contributed by atoms with van der Waals surface area (Å²) in [6.45, 7) is 6.11. The van der Waals surface area contributed by atoms with Crippen molar-refractivity contribution in [3.63, 3.8) is 0 Å². The van der Waals surface area contributed by atoms with Crippen LogP contribution in [0.2, 0.25) is 0 Å². The van der Waals surface area contributed by atoms with Crippen LogP contribution in [0.1, 0.15) is 40.7 Å². The molecule has 0 saturated heterocycles. The van der Waals surface area contributed by atoms with Crippen LogP contribution in [0.15, 0.2) is 52.1 Å². The number of ether oxygens (including phenoxy) is 1. The lowest BCUT2D eigenvalue weighted by molar-refractivity contribution is 0.261. The van der Waals surface area contributed by atoms with Crippen molar-refractivity contribution in [3.8, 4) is 5.75 Å². The van der Waals surface area contributed by atoms with E-state index in [2.05, 4.69) is 28.7 Å². The van der Waals surface area contributed by atoms with E-state index in [-0.39, 0.29) is 6.04 Å². The number of benzene rings is 1. The number of fused-ring (bicyclic) bond motifs is 1. The maximum Gasteiger partial charge on any atom is 0.192 e. The zero-order valence-electron chi connectivity index (χ0n) is 17.8. The highest BCUT2D eigenvalue weighted by molar-refractivity contribution is 5.80. The summed E-state index contributed by atoms with van der Waals surface area (Å²) in [7, 11) is 1.97. The van der Waals surface area contributed by atoms with Crippen molar-refractivity contribution in [1.82, 2.24) is 20.4 Å². The monoisotopic (exact) mass is 407 g/mol. The molecule has 2 aromatic heterocycles. The Morgan fingerprint density at radius 3 is 2.87 bits per heavy atom. The standard InChI is InChI=1S/C23H29N5O2/c1-16-20(17(2)28(3)27-16)15-25-23(24-12-10-18-7-6-13-29-18)26-21-11-14-30-22-9-5-4-8-19(21)22/h4-9,13,21H,10-12,14-15H2,1-3H3,(H2,24,25,26). The fourth-order valence-electron chi connectivity index (χ4n) is 3.77. The van der Waals surface area contributed by atoms with E-state index in [0.29, 0.717) is 13.2 Å². The largest absolute Gasteiger partial charge is 0.493 e. The zero-order chi connectivity index (χ0) is 20.9. The molecule has 1 aliphatic heterocycles. The first-order valence-corrected chi connectivity index (χ1v) is 10.4. The summed E-state index contributed by atoms with van der Waals surface area (Å²) in [5.74, 6) is 2.68. The third-order valence-corrected chi connectivity index (χ3v) is 5.57. The van der Waals surface area contributed by atoms with Crippen LogP contribution in [0, 0.1) is 13.8 Å². The smallest absolute Gasteiger partial charge is 0.192 e. The van der Waals surface area contributed by atoms with Gasteiger partial charge in [0.2, 0.25) is 0 Å². The fraction of sp³-hybridized carbons (Fsp3) is 0.391. The Kier molecular flexibility index (Phi) is 6.07. The summed E-state index contributed by atoms with van der Waals surface area (Å²) in [6.07, 6.45) is 3.39. The summed E-state index contributed by atoms with van der Waals surface area (Å²) in [5.41, 5.74) is 4.49. The molecule has 0 saturated carbocycles. The number of rotatable bonds is 6. The van der Waals surface area contributed by atoms with Gasteiger partial charge in [0.05, 0.1) is 31.2 Å². The van der Waals surface area contributed by atoms with E-state index in [4.69, 9.17) is 14.1 Å². The van der Waals surface area contributed by atoms with Crippen molar-refractivity contribution in [3.05, 3.63) is 70.9 Å². The van der Waals surface area contributed by atoms with Crippen molar-refractivity contribution in [2.24, 2.45) is 12.0 Å². The molecule has 1 unspecified atom stereocenters. The van der Waals surface area contributed by atoms with E-state index >= 15 is 0 Å². The Hall–Kier alpha value is -3.22. The van der Waals surface area contributed by atoms with Gasteiger partial charge in [0.15, 0.2) is 5.96 Å². The molecule has 30 heavy (non-hydrogen) atoms. The van der Waals surface area contributed by atoms with Gasteiger partial charge in [-0.15, -0.1) is 0 Å². The fourth-order valence-corrected chi connectivity index (χ4v) is 3.77. The molecule has 3 aromatic rings. The number of furan rings is 1. The van der Waals surface area contributed by atoms with Crippen LogP contribution in [0.4, 0.5) is 0 Å². The number of aryl methyl sites for hydroxylation is 2. The number of hydrogen-bond acceptors (Lipinski definition) is 4. The molecule has 7 heteroatoms. The molecule has 1 aromatic carbocycles. The lowest BCUT2D eigenvalue weighted by atomic mass is 10.0. The Balaban J connectivity index is 1.51. The van der Waals surface area contributed by atoms with Crippen molar-refractivity contribution < 1.29 is 9.15 Å². The lowest BCUT2D eigenvalue weighted by Crippen LogP contribution is -2.42. The summed E-state index contributed by atoms with van der Waals surface area (Å²) in [4.78, 5) is 4.88. The van der Waals surface area contributed by atoms with E-state index in [9.17, 15) is 0 Å². The molecule has 3 heterocycles. The average Bonchev–Trinajstić information content (AvgIpc) is 3.35. The van der Waals surface area contributed by atoms with Gasteiger partial charge in [0.1, 0.15) is 11.5 Å². The minimum Gasteiger partial charge on any atom is -0.493 e. The number of aromatic nitrogens is 2. The van der Waals surface area contributed by atoms with Crippen LogP contribution in [0.3, 0.4) is 0 Å². The van der Waals surface area contributed by atoms with Crippen LogP contribution in [0.5, 0.6) is 5.75 Å². The Labute approximate surface area is 177 Å². The van der Waals surface area contributed by atoms with Gasteiger partial charge in [0, 0.05) is 43.3 Å². The molecule has 0 bridgehead atoms. The number of nitrogens with zero attached hydrogens (tertiary/aromatic N) is 3. The van der Waals surface area contributed by atoms with Gasteiger partial charge in [-0.1, -0.05) is 18.2 Å². The Morgan fingerprint density at radius 2 is 2.10 bits per heavy atom. The summed E-state index contributed by atoms with van der Waals surface area (Å²) < 4.78 is 13.2. The van der Waals surface area contributed by atoms with Gasteiger partial charge < -0.3 is 19.8 Å². The number of para-hydroxylation sites is 1. The first-order chi connectivity index (χ1) is 14.6. The molecule has 0 radical (unpaired) electrons. The van der Waals surface area contributed by atoms with Crippen LogP contribution < -0.4 is 15.4 Å². The van der Waals surface area contributed by atoms with Crippen LogP contribution in [0.25, 0.3) is 0 Å². The number of aliphatic imine (C=N–C) groups is 1. The van der Waals surface area contributed by atoms with Gasteiger partial charge in [-0.3, -0.25) is 4.68 Å². The van der Waals surface area contributed by atoms with Crippen molar-refractivity contribution in [2.75, 3.05) is 13.2 Å². The molecule has 0 fully saturated rings. The van der Waals surface area contributed by atoms with Crippen molar-refractivity contribution in [2.45, 2.75) is 39.3 Å². The molecule has 4 rings (SSSR count). The second kappa shape index (κ2) is 9.07. The molecular weight excluding hydrogens is 378 g/mol. The van der Waals surface area contributed by atoms with Gasteiger partial charge in [-0.2, -0.15) is 5.10 Å². The number of nitrogens with one attached hydrogen (secondary N) is 2. The van der Waals surface area contributed by atoms with Gasteiger partial charge in [-0.25, -0.2) is 4.99 Å². The summed E-state index contributed by atoms with van der Waals surface area (Å²) in [5, 5.41) is 11.6. The normalized spacial score (nSPS) is 16.1. The van der Waals surface area contributed by atoms with E-state index in [1.807, 2.05) is 49.0 Å². The second-order valence-corrected chi connectivity index (χ2v) is 7.57. The number of hydrogen-bond donors (Lipinski definition) is 2. The van der Waals surface area contributed by atoms with E-state index in [0.717, 1.165) is 59.4 Å². The molecule has 1 atom stereocenters. The summed E-state index contributed by atoms with van der Waals surface area (Å²) in [6, 6.07) is 12.2. The minimum absolute atomic E-state index is 0.154. The van der Waals surface area contributed by atoms with Crippen LogP contribution in [-0.4, -0.2) is 28.9 Å². The van der Waals surface area contributed by atoms with Gasteiger partial charge in [-0.05, 0) is 32.0 Å². The zero-order valence-corrected chi connectivity index (χ0v) is 17.8. The van der Waals surface area contributed by atoms with E-state index < -0.39 is 0 Å². The predicted molar refractivity (Wildman–Crippen MR) is 117 cm³/mol. The maximum absolute atomic E-state index is 5.81.